The molecule has 0 aromatic heterocycles. The minimum Gasteiger partial charge on any atom is -0.466 e. The van der Waals surface area contributed by atoms with E-state index in [1.807, 2.05) is 54.6 Å². The van der Waals surface area contributed by atoms with Crippen molar-refractivity contribution in [3.05, 3.63) is 77.4 Å². The number of amides is 1. The van der Waals surface area contributed by atoms with Crippen LogP contribution < -0.4 is 5.32 Å². The van der Waals surface area contributed by atoms with Gasteiger partial charge in [0.05, 0.1) is 13.7 Å². The van der Waals surface area contributed by atoms with Crippen molar-refractivity contribution in [3.63, 3.8) is 0 Å². The van der Waals surface area contributed by atoms with E-state index in [1.54, 1.807) is 6.08 Å². The second kappa shape index (κ2) is 10.4. The van der Waals surface area contributed by atoms with Crippen molar-refractivity contribution >= 4 is 18.1 Å². The number of benzene rings is 2. The molecule has 0 atom stereocenters. The number of esters is 1. The number of rotatable bonds is 5. The third-order valence-electron chi connectivity index (χ3n) is 3.29. The van der Waals surface area contributed by atoms with E-state index in [9.17, 15) is 9.59 Å². The molecule has 5 nitrogen and oxygen atoms in total. The van der Waals surface area contributed by atoms with E-state index in [2.05, 4.69) is 21.9 Å². The molecule has 0 saturated carbocycles. The number of carbonyl (C=O) groups excluding carboxylic acids is 2. The maximum absolute atomic E-state index is 11.6. The molecule has 0 radical (unpaired) electrons. The highest BCUT2D eigenvalue weighted by Gasteiger charge is 2.00. The Hall–Kier alpha value is -3.52. The van der Waals surface area contributed by atoms with Crippen LogP contribution in [-0.4, -0.2) is 25.7 Å². The first kappa shape index (κ1) is 18.8. The van der Waals surface area contributed by atoms with E-state index in [-0.39, 0.29) is 13.2 Å². The van der Waals surface area contributed by atoms with E-state index >= 15 is 0 Å². The Morgan fingerprint density at radius 2 is 1.81 bits per heavy atom. The first-order valence-corrected chi connectivity index (χ1v) is 7.97. The second-order valence-corrected chi connectivity index (χ2v) is 5.20. The van der Waals surface area contributed by atoms with Crippen LogP contribution in [-0.2, 0) is 20.9 Å². The standard InChI is InChI=1S/C21H19NO4/c1-25-20(23)14-13-18-11-9-17(10-12-18)8-5-15-22-21(24)26-16-19-6-3-2-4-7-19/h2-4,6-7,9-14H,15-16H2,1H3,(H,22,24)/b14-13+. The van der Waals surface area contributed by atoms with Gasteiger partial charge in [-0.05, 0) is 29.3 Å². The average Bonchev–Trinajstić information content (AvgIpc) is 2.69. The third-order valence-corrected chi connectivity index (χ3v) is 3.29. The van der Waals surface area contributed by atoms with E-state index in [1.165, 1.54) is 13.2 Å². The number of nitrogens with one attached hydrogen (secondary N) is 1. The lowest BCUT2D eigenvalue weighted by atomic mass is 10.1. The molecule has 2 aromatic carbocycles. The molecule has 5 heteroatoms. The molecule has 2 rings (SSSR count). The monoisotopic (exact) mass is 349 g/mol. The minimum absolute atomic E-state index is 0.192. The van der Waals surface area contributed by atoms with Gasteiger partial charge in [0, 0.05) is 11.6 Å². The lowest BCUT2D eigenvalue weighted by Gasteiger charge is -2.04. The molecular formula is C21H19NO4. The van der Waals surface area contributed by atoms with Crippen LogP contribution in [0.25, 0.3) is 6.08 Å². The molecule has 1 N–H and O–H groups in total. The highest BCUT2D eigenvalue weighted by molar-refractivity contribution is 5.86. The van der Waals surface area contributed by atoms with Crippen LogP contribution in [0.5, 0.6) is 0 Å². The summed E-state index contributed by atoms with van der Waals surface area (Å²) in [6.07, 6.45) is 2.50. The minimum atomic E-state index is -0.508. The third kappa shape index (κ3) is 6.93. The predicted molar refractivity (Wildman–Crippen MR) is 99.0 cm³/mol. The predicted octanol–water partition coefficient (Wildman–Crippen LogP) is 3.15. The zero-order chi connectivity index (χ0) is 18.6. The Labute approximate surface area is 152 Å². The summed E-state index contributed by atoms with van der Waals surface area (Å²) in [5.41, 5.74) is 2.60. The van der Waals surface area contributed by atoms with E-state index in [0.29, 0.717) is 0 Å². The Kier molecular flexibility index (Phi) is 7.50. The molecule has 0 heterocycles. The van der Waals surface area contributed by atoms with Crippen LogP contribution in [0.3, 0.4) is 0 Å². The largest absolute Gasteiger partial charge is 0.466 e. The summed E-state index contributed by atoms with van der Waals surface area (Å²) in [6.45, 7) is 0.415. The molecule has 2 aromatic rings. The van der Waals surface area contributed by atoms with Crippen LogP contribution in [0.2, 0.25) is 0 Å². The molecule has 0 fully saturated rings. The number of alkyl carbamates (subject to hydrolysis) is 1. The topological polar surface area (TPSA) is 64.6 Å². The van der Waals surface area contributed by atoms with Gasteiger partial charge in [-0.2, -0.15) is 0 Å². The first-order chi connectivity index (χ1) is 12.7. The first-order valence-electron chi connectivity index (χ1n) is 7.97. The molecule has 26 heavy (non-hydrogen) atoms. The Balaban J connectivity index is 1.74. The van der Waals surface area contributed by atoms with Gasteiger partial charge in [0.2, 0.25) is 0 Å². The van der Waals surface area contributed by atoms with Crippen molar-refractivity contribution in [2.24, 2.45) is 0 Å². The lowest BCUT2D eigenvalue weighted by Crippen LogP contribution is -2.24. The van der Waals surface area contributed by atoms with E-state index < -0.39 is 12.1 Å². The number of methoxy groups -OCH3 is 1. The maximum Gasteiger partial charge on any atom is 0.408 e. The zero-order valence-electron chi connectivity index (χ0n) is 14.4. The quantitative estimate of drug-likeness (QED) is 0.512. The van der Waals surface area contributed by atoms with Crippen molar-refractivity contribution in [1.29, 1.82) is 0 Å². The fourth-order valence-corrected chi connectivity index (χ4v) is 1.95. The van der Waals surface area contributed by atoms with Gasteiger partial charge >= 0.3 is 12.1 Å². The van der Waals surface area contributed by atoms with Crippen molar-refractivity contribution in [1.82, 2.24) is 5.32 Å². The molecule has 1 amide bonds. The van der Waals surface area contributed by atoms with Gasteiger partial charge in [-0.1, -0.05) is 54.3 Å². The highest BCUT2D eigenvalue weighted by atomic mass is 16.5. The Morgan fingerprint density at radius 3 is 2.50 bits per heavy atom. The molecule has 0 saturated heterocycles. The molecule has 0 aliphatic rings. The summed E-state index contributed by atoms with van der Waals surface area (Å²) in [5, 5.41) is 2.58. The lowest BCUT2D eigenvalue weighted by molar-refractivity contribution is -0.134. The van der Waals surface area contributed by atoms with E-state index in [4.69, 9.17) is 4.74 Å². The fourth-order valence-electron chi connectivity index (χ4n) is 1.95. The SMILES string of the molecule is COC(=O)/C=C/c1ccc(C#CCNC(=O)OCc2ccccc2)cc1. The van der Waals surface area contributed by atoms with Gasteiger partial charge in [-0.3, -0.25) is 0 Å². The molecule has 0 bridgehead atoms. The van der Waals surface area contributed by atoms with Gasteiger partial charge < -0.3 is 14.8 Å². The highest BCUT2D eigenvalue weighted by Crippen LogP contribution is 2.05. The number of carbonyl (C=O) groups is 2. The summed E-state index contributed by atoms with van der Waals surface area (Å²) in [5.74, 6) is 5.39. The summed E-state index contributed by atoms with van der Waals surface area (Å²) >= 11 is 0. The van der Waals surface area contributed by atoms with Crippen LogP contribution in [0.4, 0.5) is 4.79 Å². The fraction of sp³-hybridized carbons (Fsp3) is 0.143. The van der Waals surface area contributed by atoms with Gasteiger partial charge in [0.25, 0.3) is 0 Å². The number of hydrogen-bond acceptors (Lipinski definition) is 4. The Morgan fingerprint density at radius 1 is 1.08 bits per heavy atom. The van der Waals surface area contributed by atoms with Crippen molar-refractivity contribution in [2.45, 2.75) is 6.61 Å². The van der Waals surface area contributed by atoms with Gasteiger partial charge in [-0.25, -0.2) is 9.59 Å². The second-order valence-electron chi connectivity index (χ2n) is 5.20. The van der Waals surface area contributed by atoms with Crippen LogP contribution in [0.15, 0.2) is 60.7 Å². The van der Waals surface area contributed by atoms with Crippen molar-refractivity contribution < 1.29 is 19.1 Å². The van der Waals surface area contributed by atoms with Gasteiger partial charge in [-0.15, -0.1) is 0 Å². The smallest absolute Gasteiger partial charge is 0.408 e. The van der Waals surface area contributed by atoms with Crippen molar-refractivity contribution in [3.8, 4) is 11.8 Å². The molecule has 0 spiro atoms. The molecular weight excluding hydrogens is 330 g/mol. The summed E-state index contributed by atoms with van der Waals surface area (Å²) in [7, 11) is 1.33. The van der Waals surface area contributed by atoms with Crippen molar-refractivity contribution in [2.75, 3.05) is 13.7 Å². The summed E-state index contributed by atoms with van der Waals surface area (Å²) in [4.78, 5) is 22.6. The van der Waals surface area contributed by atoms with Gasteiger partial charge in [0.1, 0.15) is 6.61 Å². The Bertz CT molecular complexity index is 815. The molecule has 0 aliphatic heterocycles. The van der Waals surface area contributed by atoms with Crippen LogP contribution in [0, 0.1) is 11.8 Å². The number of ether oxygens (including phenoxy) is 2. The van der Waals surface area contributed by atoms with Crippen LogP contribution >= 0.6 is 0 Å². The van der Waals surface area contributed by atoms with E-state index in [0.717, 1.165) is 16.7 Å². The molecule has 132 valence electrons. The maximum atomic E-state index is 11.6. The molecule has 0 aliphatic carbocycles. The summed E-state index contributed by atoms with van der Waals surface area (Å²) < 4.78 is 9.62. The average molecular weight is 349 g/mol. The zero-order valence-corrected chi connectivity index (χ0v) is 14.4. The normalized spacial score (nSPS) is 9.88. The van der Waals surface area contributed by atoms with Crippen LogP contribution in [0.1, 0.15) is 16.7 Å². The molecule has 0 unspecified atom stereocenters. The van der Waals surface area contributed by atoms with Gasteiger partial charge in [0.15, 0.2) is 0 Å². The number of hydrogen-bond donors (Lipinski definition) is 1. The summed E-state index contributed by atoms with van der Waals surface area (Å²) in [6, 6.07) is 16.8.